The number of benzene rings is 5. The Kier molecular flexibility index (Phi) is 20.9. The van der Waals surface area contributed by atoms with Crippen molar-refractivity contribution in [2.75, 3.05) is 14.1 Å². The molecule has 532 valence electrons. The molecule has 9 aliphatic rings. The molecule has 4 saturated carbocycles. The molecule has 5 heterocycles. The summed E-state index contributed by atoms with van der Waals surface area (Å²) in [6, 6.07) is 0.371. The molecular formula is C71H83ClN10O18. The molecule has 9 unspecified atom stereocenters. The number of carbonyl (C=O) groups is 9. The highest BCUT2D eigenvalue weighted by atomic mass is 35.5. The third-order valence-electron chi connectivity index (χ3n) is 20.1. The minimum atomic E-state index is -2.25. The number of nitrogens with two attached hydrogens (primary N) is 1. The summed E-state index contributed by atoms with van der Waals surface area (Å²) in [7, 11) is 3.02. The van der Waals surface area contributed by atoms with Crippen LogP contribution in [0.2, 0.25) is 5.02 Å². The highest BCUT2D eigenvalue weighted by Gasteiger charge is 2.49. The fourth-order valence-corrected chi connectivity index (χ4v) is 15.6. The van der Waals surface area contributed by atoms with Crippen LogP contribution in [0.15, 0.2) is 78.9 Å². The minimum Gasteiger partial charge on any atom is -0.507 e. The van der Waals surface area contributed by atoms with Crippen LogP contribution >= 0.6 is 11.6 Å². The van der Waals surface area contributed by atoms with E-state index in [1.54, 1.807) is 20.9 Å². The molecule has 4 fully saturated rings. The first-order valence-electron chi connectivity index (χ1n) is 33.4. The van der Waals surface area contributed by atoms with Gasteiger partial charge in [0, 0.05) is 36.3 Å². The van der Waals surface area contributed by atoms with Crippen molar-refractivity contribution in [2.24, 2.45) is 41.2 Å². The number of likely N-dealkylation sites (N-methyl/N-ethyl adjacent to an activating group) is 2. The molecule has 8 amide bonds. The second kappa shape index (κ2) is 29.2. The number of hydrogen-bond acceptors (Lipinski definition) is 19. The van der Waals surface area contributed by atoms with E-state index in [1.807, 2.05) is 13.8 Å². The van der Waals surface area contributed by atoms with Crippen molar-refractivity contribution in [3.8, 4) is 57.1 Å². The Bertz CT molecular complexity index is 4050. The van der Waals surface area contributed by atoms with Gasteiger partial charge in [-0.15, -0.1) is 0 Å². The van der Waals surface area contributed by atoms with Gasteiger partial charge in [-0.2, -0.15) is 0 Å². The molecule has 0 radical (unpaired) electrons. The SMILES string of the molecule is CN[C@@H](CC(C)C)C(=O)N(C)C(CC(C)C)C(=O)NC1C(=O)NC(CC(N)=O)C(=O)NC2C(=O)NC3C(=O)NC(C(=O)NC(C(=O)O)c4cc(O)c(CNC5C6CC7CC(C6)CC5C7)c(O)c4-c4c(O)cccc43)C(O)c3ccc(cc3)Oc3cc2cc(c3O)Oc2ccc(cc2Cl)C1O. The van der Waals surface area contributed by atoms with Crippen LogP contribution in [0.5, 0.6) is 46.0 Å². The van der Waals surface area contributed by atoms with Crippen molar-refractivity contribution < 1.29 is 88.4 Å². The maximum atomic E-state index is 16.0. The Balaban J connectivity index is 1.06. The third-order valence-corrected chi connectivity index (χ3v) is 20.4. The first-order valence-corrected chi connectivity index (χ1v) is 33.7. The summed E-state index contributed by atoms with van der Waals surface area (Å²) < 4.78 is 12.5. The average Bonchev–Trinajstić information content (AvgIpc) is 1.08. The molecule has 5 aromatic rings. The van der Waals surface area contributed by atoms with Crippen LogP contribution in [0, 0.1) is 35.5 Å². The number of carboxylic acid groups (broad SMARTS) is 1. The Morgan fingerprint density at radius 2 is 1.28 bits per heavy atom. The second-order valence-corrected chi connectivity index (χ2v) is 28.3. The van der Waals surface area contributed by atoms with Crippen molar-refractivity contribution in [3.05, 3.63) is 117 Å². The van der Waals surface area contributed by atoms with Gasteiger partial charge >= 0.3 is 5.97 Å². The maximum absolute atomic E-state index is 16.0. The predicted molar refractivity (Wildman–Crippen MR) is 359 cm³/mol. The first kappa shape index (κ1) is 71.5. The van der Waals surface area contributed by atoms with Gasteiger partial charge in [0.05, 0.1) is 23.0 Å². The smallest absolute Gasteiger partial charge is 0.330 e. The van der Waals surface area contributed by atoms with Gasteiger partial charge in [0.25, 0.3) is 0 Å². The molecular weight excluding hydrogens is 1320 g/mol. The molecule has 0 spiro atoms. The number of fused-ring (bicyclic) bond motifs is 14. The summed E-state index contributed by atoms with van der Waals surface area (Å²) in [4.78, 5) is 134. The maximum Gasteiger partial charge on any atom is 0.330 e. The number of primary amides is 1. The number of hydrogen-bond donors (Lipinski definition) is 16. The van der Waals surface area contributed by atoms with Crippen LogP contribution < -0.4 is 57.7 Å². The van der Waals surface area contributed by atoms with E-state index < -0.39 is 177 Å². The van der Waals surface area contributed by atoms with E-state index in [9.17, 15) is 59.7 Å². The average molecular weight is 1400 g/mol. The van der Waals surface area contributed by atoms with Gasteiger partial charge in [-0.05, 0) is 158 Å². The molecule has 14 rings (SSSR count). The van der Waals surface area contributed by atoms with Crippen LogP contribution in [0.25, 0.3) is 11.1 Å². The number of phenols is 4. The van der Waals surface area contributed by atoms with E-state index in [0.717, 1.165) is 49.9 Å². The molecule has 29 heteroatoms. The molecule has 100 heavy (non-hydrogen) atoms. The zero-order valence-electron chi connectivity index (χ0n) is 55.7. The molecule has 4 aliphatic carbocycles. The quantitative estimate of drug-likeness (QED) is 0.0684. The summed E-state index contributed by atoms with van der Waals surface area (Å²) in [6.07, 6.45) is 0.420. The lowest BCUT2D eigenvalue weighted by Gasteiger charge is -2.54. The van der Waals surface area contributed by atoms with Gasteiger partial charge < -0.3 is 98.4 Å². The van der Waals surface area contributed by atoms with Gasteiger partial charge in [-0.1, -0.05) is 69.6 Å². The zero-order valence-corrected chi connectivity index (χ0v) is 56.5. The van der Waals surface area contributed by atoms with Crippen molar-refractivity contribution in [1.82, 2.24) is 47.4 Å². The van der Waals surface area contributed by atoms with E-state index in [-0.39, 0.29) is 69.6 Å². The number of aliphatic hydroxyl groups is 2. The molecule has 0 saturated heterocycles. The number of aliphatic carboxylic acids is 1. The summed E-state index contributed by atoms with van der Waals surface area (Å²) in [5.41, 5.74) is 3.06. The summed E-state index contributed by atoms with van der Waals surface area (Å²) >= 11 is 6.93. The van der Waals surface area contributed by atoms with Gasteiger partial charge in [0.2, 0.25) is 53.0 Å². The van der Waals surface area contributed by atoms with Crippen molar-refractivity contribution in [3.63, 3.8) is 0 Å². The number of amides is 8. The Morgan fingerprint density at radius 3 is 1.90 bits per heavy atom. The lowest BCUT2D eigenvalue weighted by atomic mass is 9.54. The van der Waals surface area contributed by atoms with Crippen LogP contribution in [0.1, 0.15) is 143 Å². The number of ether oxygens (including phenoxy) is 2. The van der Waals surface area contributed by atoms with Crippen LogP contribution in [-0.2, 0) is 49.7 Å². The molecule has 17 N–H and O–H groups in total. The monoisotopic (exact) mass is 1400 g/mol. The normalized spacial score (nSPS) is 26.1. The van der Waals surface area contributed by atoms with Gasteiger partial charge in [0.1, 0.15) is 77.2 Å². The Morgan fingerprint density at radius 1 is 0.650 bits per heavy atom. The number of aliphatic hydroxyl groups excluding tert-OH is 2. The van der Waals surface area contributed by atoms with Gasteiger partial charge in [-0.3, -0.25) is 38.4 Å². The number of halogens is 1. The molecule has 0 aromatic heterocycles. The van der Waals surface area contributed by atoms with Crippen LogP contribution in [0.4, 0.5) is 0 Å². The number of nitrogens with zero attached hydrogens (tertiary/aromatic N) is 1. The summed E-state index contributed by atoms with van der Waals surface area (Å²) in [5.74, 6) is -13.8. The molecule has 28 nitrogen and oxygen atoms in total. The van der Waals surface area contributed by atoms with E-state index in [0.29, 0.717) is 30.1 Å². The fraction of sp³-hybridized carbons (Fsp3) is 0.451. The van der Waals surface area contributed by atoms with Crippen LogP contribution in [-0.4, -0.2) is 144 Å². The van der Waals surface area contributed by atoms with Crippen molar-refractivity contribution in [2.45, 2.75) is 152 Å². The lowest BCUT2D eigenvalue weighted by Crippen LogP contribution is -2.60. The highest BCUT2D eigenvalue weighted by molar-refractivity contribution is 6.32. The third kappa shape index (κ3) is 14.6. The standard InChI is InChI=1S/C71H83ClN10O18/c1-29(2)16-44(74-5)70(96)82(6)45(17-30(3)4)65(91)80-59-61(87)34-12-15-48(42(72)23-34)100-50-25-37-24-49(63(50)89)99-38-13-10-33(11-14-38)60(86)58-69(95)79-57(71(97)98)40-26-47(84)41(28-75-54-35-19-31-18-32(21-35)22-36(54)20-31)62(88)53(40)52-39(8-7-9-46(52)83)56(67(93)81-58)78-66(92)55(37)77-64(90)43(27-51(73)85)76-68(59)94/h7-15,23-26,29-32,35-36,43-45,54-61,74-75,83-84,86-89H,16-22,27-28H2,1-6H3,(H2,73,85)(H,76,94)(H,77,90)(H,78,92)(H,79,95)(H,80,91)(H,81,93)(H,97,98)/t31?,32?,35?,36?,43?,44-,45?,54?,55?,56?,57?,58?,59?,60?,61?/m0/s1. The van der Waals surface area contributed by atoms with E-state index in [4.69, 9.17) is 26.8 Å². The molecule has 10 atom stereocenters. The zero-order chi connectivity index (χ0) is 72.0. The van der Waals surface area contributed by atoms with E-state index in [1.165, 1.54) is 73.0 Å². The fourth-order valence-electron chi connectivity index (χ4n) is 15.4. The number of carbonyl (C=O) groups excluding carboxylic acids is 8. The number of phenolic OH excluding ortho intramolecular Hbond substituents is 4. The van der Waals surface area contributed by atoms with E-state index in [2.05, 4.69) is 42.5 Å². The summed E-state index contributed by atoms with van der Waals surface area (Å²) in [5, 5.41) is 106. The summed E-state index contributed by atoms with van der Waals surface area (Å²) in [6.45, 7) is 7.24. The van der Waals surface area contributed by atoms with E-state index >= 15 is 19.2 Å². The number of rotatable bonds is 15. The topological polar surface area (TPSA) is 439 Å². The van der Waals surface area contributed by atoms with Crippen molar-refractivity contribution in [1.29, 1.82) is 0 Å². The van der Waals surface area contributed by atoms with Gasteiger partial charge in [0.15, 0.2) is 17.5 Å². The Hall–Kier alpha value is -9.74. The van der Waals surface area contributed by atoms with Crippen LogP contribution in [0.3, 0.4) is 0 Å². The molecule has 5 aromatic carbocycles. The second-order valence-electron chi connectivity index (χ2n) is 27.9. The first-order chi connectivity index (χ1) is 47.5. The number of carboxylic acids is 1. The van der Waals surface area contributed by atoms with Gasteiger partial charge in [-0.25, -0.2) is 4.79 Å². The lowest BCUT2D eigenvalue weighted by molar-refractivity contribution is -0.143. The largest absolute Gasteiger partial charge is 0.507 e. The minimum absolute atomic E-state index is 0.0225. The van der Waals surface area contributed by atoms with Crippen molar-refractivity contribution >= 4 is 64.8 Å². The number of nitrogens with one attached hydrogen (secondary N) is 8. The molecule has 13 bridgehead atoms. The Labute approximate surface area is 580 Å². The predicted octanol–water partition coefficient (Wildman–Crippen LogP) is 4.53. The molecule has 5 aliphatic heterocycles. The highest BCUT2D eigenvalue weighted by Crippen LogP contribution is 2.55. The number of aromatic hydroxyl groups is 4.